The number of aryl methyl sites for hydroxylation is 1. The Hall–Kier alpha value is -1.55. The molecule has 0 heterocycles. The number of carbonyl (C=O) groups excluding carboxylic acids is 1. The van der Waals surface area contributed by atoms with E-state index in [4.69, 9.17) is 5.73 Å². The van der Waals surface area contributed by atoms with Crippen LogP contribution in [0.5, 0.6) is 5.75 Å². The van der Waals surface area contributed by atoms with Crippen molar-refractivity contribution in [2.75, 3.05) is 0 Å². The minimum absolute atomic E-state index is 0.124. The molecular weight excluding hydrogens is 216 g/mol. The summed E-state index contributed by atoms with van der Waals surface area (Å²) in [4.78, 5) is 11.2. The van der Waals surface area contributed by atoms with Crippen molar-refractivity contribution in [3.8, 4) is 5.75 Å². The maximum atomic E-state index is 11.2. The highest BCUT2D eigenvalue weighted by Crippen LogP contribution is 2.21. The number of para-hydroxylation sites is 1. The largest absolute Gasteiger partial charge is 0.507 e. The number of phenolic OH excluding ortho intramolecular Hbond substituents is 1. The molecule has 4 N–H and O–H groups in total. The fourth-order valence-electron chi connectivity index (χ4n) is 1.75. The molecule has 1 aromatic rings. The van der Waals surface area contributed by atoms with Crippen LogP contribution < -0.4 is 11.1 Å². The average Bonchev–Trinajstić information content (AvgIpc) is 2.23. The van der Waals surface area contributed by atoms with E-state index in [0.717, 1.165) is 11.1 Å². The SMILES string of the molecule is Cc1cccc(CNC(C(N)=O)C(C)C)c1O. The third-order valence-electron chi connectivity index (χ3n) is 2.81. The summed E-state index contributed by atoms with van der Waals surface area (Å²) >= 11 is 0. The Morgan fingerprint density at radius 1 is 1.47 bits per heavy atom. The number of benzene rings is 1. The maximum Gasteiger partial charge on any atom is 0.234 e. The quantitative estimate of drug-likeness (QED) is 0.721. The van der Waals surface area contributed by atoms with E-state index in [1.807, 2.05) is 39.0 Å². The van der Waals surface area contributed by atoms with Gasteiger partial charge in [-0.1, -0.05) is 32.0 Å². The topological polar surface area (TPSA) is 75.3 Å². The number of amides is 1. The summed E-state index contributed by atoms with van der Waals surface area (Å²) in [5.41, 5.74) is 6.90. The second-order valence-corrected chi connectivity index (χ2v) is 4.59. The van der Waals surface area contributed by atoms with Crippen LogP contribution >= 0.6 is 0 Å². The van der Waals surface area contributed by atoms with Crippen molar-refractivity contribution in [1.82, 2.24) is 5.32 Å². The Kier molecular flexibility index (Phi) is 4.52. The zero-order valence-corrected chi connectivity index (χ0v) is 10.5. The number of hydrogen-bond acceptors (Lipinski definition) is 3. The number of nitrogens with two attached hydrogens (primary N) is 1. The standard InChI is InChI=1S/C13H20N2O2/c1-8(2)11(13(14)17)15-7-10-6-4-5-9(3)12(10)16/h4-6,8,11,15-16H,7H2,1-3H3,(H2,14,17). The van der Waals surface area contributed by atoms with Crippen molar-refractivity contribution in [3.05, 3.63) is 29.3 Å². The smallest absolute Gasteiger partial charge is 0.234 e. The molecule has 4 heteroatoms. The average molecular weight is 236 g/mol. The molecule has 0 spiro atoms. The first-order chi connectivity index (χ1) is 7.93. The number of phenols is 1. The zero-order chi connectivity index (χ0) is 13.0. The molecule has 0 saturated heterocycles. The zero-order valence-electron chi connectivity index (χ0n) is 10.5. The van der Waals surface area contributed by atoms with Crippen molar-refractivity contribution < 1.29 is 9.90 Å². The Balaban J connectivity index is 2.72. The van der Waals surface area contributed by atoms with E-state index < -0.39 is 0 Å². The first-order valence-corrected chi connectivity index (χ1v) is 5.73. The number of rotatable bonds is 5. The van der Waals surface area contributed by atoms with Gasteiger partial charge in [-0.2, -0.15) is 0 Å². The molecule has 0 fully saturated rings. The third kappa shape index (κ3) is 3.46. The van der Waals surface area contributed by atoms with Crippen LogP contribution in [-0.4, -0.2) is 17.1 Å². The van der Waals surface area contributed by atoms with Gasteiger partial charge in [-0.25, -0.2) is 0 Å². The van der Waals surface area contributed by atoms with Crippen molar-refractivity contribution in [1.29, 1.82) is 0 Å². The maximum absolute atomic E-state index is 11.2. The Bertz CT molecular complexity index is 402. The van der Waals surface area contributed by atoms with Crippen LogP contribution in [-0.2, 0) is 11.3 Å². The summed E-state index contributed by atoms with van der Waals surface area (Å²) in [6.45, 7) is 6.13. The lowest BCUT2D eigenvalue weighted by Crippen LogP contribution is -2.44. The number of carbonyl (C=O) groups is 1. The summed E-state index contributed by atoms with van der Waals surface area (Å²) in [5, 5.41) is 12.9. The van der Waals surface area contributed by atoms with Crippen LogP contribution in [0.4, 0.5) is 0 Å². The summed E-state index contributed by atoms with van der Waals surface area (Å²) in [7, 11) is 0. The Morgan fingerprint density at radius 3 is 2.65 bits per heavy atom. The van der Waals surface area contributed by atoms with Crippen molar-refractivity contribution >= 4 is 5.91 Å². The Morgan fingerprint density at radius 2 is 2.12 bits per heavy atom. The fourth-order valence-corrected chi connectivity index (χ4v) is 1.75. The molecule has 17 heavy (non-hydrogen) atoms. The van der Waals surface area contributed by atoms with Gasteiger partial charge >= 0.3 is 0 Å². The highest BCUT2D eigenvalue weighted by molar-refractivity contribution is 5.80. The van der Waals surface area contributed by atoms with Crippen molar-refractivity contribution in [2.24, 2.45) is 11.7 Å². The first-order valence-electron chi connectivity index (χ1n) is 5.73. The molecule has 1 unspecified atom stereocenters. The highest BCUT2D eigenvalue weighted by atomic mass is 16.3. The molecule has 0 bridgehead atoms. The van der Waals surface area contributed by atoms with Crippen LogP contribution in [0.3, 0.4) is 0 Å². The minimum Gasteiger partial charge on any atom is -0.507 e. The summed E-state index contributed by atoms with van der Waals surface area (Å²) in [6.07, 6.45) is 0. The lowest BCUT2D eigenvalue weighted by Gasteiger charge is -2.19. The molecule has 1 amide bonds. The van der Waals surface area contributed by atoms with Gasteiger partial charge in [-0.05, 0) is 18.4 Å². The van der Waals surface area contributed by atoms with Gasteiger partial charge in [0.05, 0.1) is 6.04 Å². The van der Waals surface area contributed by atoms with E-state index in [1.165, 1.54) is 0 Å². The molecule has 1 atom stereocenters. The Labute approximate surface area is 102 Å². The molecule has 0 aliphatic carbocycles. The lowest BCUT2D eigenvalue weighted by molar-refractivity contribution is -0.121. The number of aromatic hydroxyl groups is 1. The van der Waals surface area contributed by atoms with Crippen molar-refractivity contribution in [2.45, 2.75) is 33.4 Å². The molecule has 94 valence electrons. The van der Waals surface area contributed by atoms with Gasteiger partial charge in [0.2, 0.25) is 5.91 Å². The normalized spacial score (nSPS) is 12.7. The molecule has 0 aliphatic heterocycles. The van der Waals surface area contributed by atoms with E-state index in [1.54, 1.807) is 0 Å². The van der Waals surface area contributed by atoms with Gasteiger partial charge in [0.1, 0.15) is 5.75 Å². The second kappa shape index (κ2) is 5.68. The van der Waals surface area contributed by atoms with E-state index in [2.05, 4.69) is 5.32 Å². The highest BCUT2D eigenvalue weighted by Gasteiger charge is 2.19. The van der Waals surface area contributed by atoms with Gasteiger partial charge in [0.25, 0.3) is 0 Å². The van der Waals surface area contributed by atoms with Gasteiger partial charge < -0.3 is 16.2 Å². The summed E-state index contributed by atoms with van der Waals surface area (Å²) in [5.74, 6) is 0.0265. The monoisotopic (exact) mass is 236 g/mol. The number of hydrogen-bond donors (Lipinski definition) is 3. The van der Waals surface area contributed by atoms with Crippen LogP contribution in [0.1, 0.15) is 25.0 Å². The van der Waals surface area contributed by atoms with Gasteiger partial charge in [-0.15, -0.1) is 0 Å². The first kappa shape index (κ1) is 13.5. The van der Waals surface area contributed by atoms with Crippen LogP contribution in [0.2, 0.25) is 0 Å². The molecule has 1 rings (SSSR count). The summed E-state index contributed by atoms with van der Waals surface area (Å²) < 4.78 is 0. The predicted molar refractivity (Wildman–Crippen MR) is 67.5 cm³/mol. The molecule has 1 aromatic carbocycles. The molecule has 0 aromatic heterocycles. The van der Waals surface area contributed by atoms with Gasteiger partial charge in [0.15, 0.2) is 0 Å². The van der Waals surface area contributed by atoms with E-state index in [-0.39, 0.29) is 23.6 Å². The molecule has 0 saturated carbocycles. The second-order valence-electron chi connectivity index (χ2n) is 4.59. The molecule has 0 radical (unpaired) electrons. The van der Waals surface area contributed by atoms with Gasteiger partial charge in [0, 0.05) is 12.1 Å². The van der Waals surface area contributed by atoms with Crippen LogP contribution in [0.15, 0.2) is 18.2 Å². The van der Waals surface area contributed by atoms with Crippen LogP contribution in [0, 0.1) is 12.8 Å². The number of nitrogens with one attached hydrogen (secondary N) is 1. The minimum atomic E-state index is -0.380. The molecule has 4 nitrogen and oxygen atoms in total. The predicted octanol–water partition coefficient (Wildman–Crippen LogP) is 1.30. The van der Waals surface area contributed by atoms with Gasteiger partial charge in [-0.3, -0.25) is 4.79 Å². The lowest BCUT2D eigenvalue weighted by atomic mass is 10.0. The molecular formula is C13H20N2O2. The summed E-state index contributed by atoms with van der Waals surface area (Å²) in [6, 6.07) is 5.16. The van der Waals surface area contributed by atoms with Crippen molar-refractivity contribution in [3.63, 3.8) is 0 Å². The fraction of sp³-hybridized carbons (Fsp3) is 0.462. The van der Waals surface area contributed by atoms with E-state index >= 15 is 0 Å². The van der Waals surface area contributed by atoms with E-state index in [0.29, 0.717) is 6.54 Å². The van der Waals surface area contributed by atoms with Crippen LogP contribution in [0.25, 0.3) is 0 Å². The third-order valence-corrected chi connectivity index (χ3v) is 2.81. The number of primary amides is 1. The van der Waals surface area contributed by atoms with E-state index in [9.17, 15) is 9.90 Å². The molecule has 0 aliphatic rings.